The maximum Gasteiger partial charge on any atom is 0.255 e. The van der Waals surface area contributed by atoms with E-state index in [1.54, 1.807) is 24.5 Å². The molecule has 0 atom stereocenters. The van der Waals surface area contributed by atoms with Gasteiger partial charge in [-0.15, -0.1) is 0 Å². The SMILES string of the molecule is Cc1ccnc(-c2cc(C(=O)Nc3c4ccccc4[nH+]c4ccccc34)ccn2)c1. The molecule has 144 valence electrons. The summed E-state index contributed by atoms with van der Waals surface area (Å²) in [5.74, 6) is -0.187. The van der Waals surface area contributed by atoms with Crippen LogP contribution in [0.2, 0.25) is 0 Å². The Morgan fingerprint density at radius 2 is 1.40 bits per heavy atom. The molecule has 0 fully saturated rings. The van der Waals surface area contributed by atoms with Crippen molar-refractivity contribution in [3.8, 4) is 11.4 Å². The van der Waals surface area contributed by atoms with E-state index >= 15 is 0 Å². The summed E-state index contributed by atoms with van der Waals surface area (Å²) >= 11 is 0. The van der Waals surface area contributed by atoms with Crippen LogP contribution in [0.15, 0.2) is 85.2 Å². The Hall–Kier alpha value is -4.12. The molecule has 0 saturated carbocycles. The summed E-state index contributed by atoms with van der Waals surface area (Å²) in [7, 11) is 0. The average molecular weight is 391 g/mol. The number of para-hydroxylation sites is 2. The maximum atomic E-state index is 13.2. The van der Waals surface area contributed by atoms with E-state index in [-0.39, 0.29) is 5.91 Å². The largest absolute Gasteiger partial charge is 0.320 e. The van der Waals surface area contributed by atoms with Crippen molar-refractivity contribution in [1.82, 2.24) is 9.97 Å². The summed E-state index contributed by atoms with van der Waals surface area (Å²) in [4.78, 5) is 25.4. The van der Waals surface area contributed by atoms with Gasteiger partial charge in [-0.2, -0.15) is 0 Å². The second kappa shape index (κ2) is 7.37. The highest BCUT2D eigenvalue weighted by molar-refractivity contribution is 6.14. The molecule has 2 aromatic carbocycles. The van der Waals surface area contributed by atoms with Crippen LogP contribution in [0.4, 0.5) is 5.69 Å². The van der Waals surface area contributed by atoms with E-state index < -0.39 is 0 Å². The van der Waals surface area contributed by atoms with Crippen molar-refractivity contribution in [2.24, 2.45) is 0 Å². The van der Waals surface area contributed by atoms with Gasteiger partial charge in [-0.25, -0.2) is 4.98 Å². The number of carbonyl (C=O) groups excluding carboxylic acids is 1. The Morgan fingerprint density at radius 1 is 0.800 bits per heavy atom. The lowest BCUT2D eigenvalue weighted by Crippen LogP contribution is -2.15. The van der Waals surface area contributed by atoms with Crippen LogP contribution in [0.3, 0.4) is 0 Å². The number of benzene rings is 2. The first-order valence-corrected chi connectivity index (χ1v) is 9.72. The molecule has 30 heavy (non-hydrogen) atoms. The standard InChI is InChI=1S/C25H18N4O/c1-16-10-12-26-22(14-16)23-15-17(11-13-27-23)25(30)29-24-18-6-2-4-8-20(18)28-21-9-5-3-7-19(21)24/h2-15H,1H3,(H,28,29,30)/p+1. The molecule has 5 nitrogen and oxygen atoms in total. The normalized spacial score (nSPS) is 11.0. The van der Waals surface area contributed by atoms with Crippen molar-refractivity contribution in [2.45, 2.75) is 6.92 Å². The Morgan fingerprint density at radius 3 is 2.07 bits per heavy atom. The predicted octanol–water partition coefficient (Wildman–Crippen LogP) is 4.82. The van der Waals surface area contributed by atoms with E-state index in [0.29, 0.717) is 11.3 Å². The van der Waals surface area contributed by atoms with E-state index in [9.17, 15) is 4.79 Å². The molecule has 5 aromatic rings. The van der Waals surface area contributed by atoms with Gasteiger partial charge < -0.3 is 5.32 Å². The minimum Gasteiger partial charge on any atom is -0.320 e. The number of anilines is 1. The topological polar surface area (TPSA) is 69.0 Å². The fourth-order valence-corrected chi connectivity index (χ4v) is 3.62. The van der Waals surface area contributed by atoms with Crippen molar-refractivity contribution >= 4 is 33.4 Å². The number of amides is 1. The number of nitrogens with zero attached hydrogens (tertiary/aromatic N) is 2. The Kier molecular flexibility index (Phi) is 4.41. The van der Waals surface area contributed by atoms with Crippen molar-refractivity contribution in [3.63, 3.8) is 0 Å². The zero-order chi connectivity index (χ0) is 20.5. The van der Waals surface area contributed by atoms with Crippen LogP contribution >= 0.6 is 0 Å². The third kappa shape index (κ3) is 3.26. The van der Waals surface area contributed by atoms with Gasteiger partial charge >= 0.3 is 0 Å². The third-order valence-electron chi connectivity index (χ3n) is 5.10. The number of H-pyrrole nitrogens is 1. The molecule has 0 spiro atoms. The highest BCUT2D eigenvalue weighted by Crippen LogP contribution is 2.29. The van der Waals surface area contributed by atoms with Crippen LogP contribution in [-0.2, 0) is 0 Å². The molecular formula is C25H19N4O+. The molecule has 3 heterocycles. The molecule has 0 aliphatic rings. The number of hydrogen-bond donors (Lipinski definition) is 1. The number of carbonyl (C=O) groups is 1. The van der Waals surface area contributed by atoms with Crippen LogP contribution in [0.25, 0.3) is 33.2 Å². The minimum absolute atomic E-state index is 0.187. The molecular weight excluding hydrogens is 372 g/mol. The van der Waals surface area contributed by atoms with E-state index in [1.165, 1.54) is 0 Å². The number of hydrogen-bond acceptors (Lipinski definition) is 3. The smallest absolute Gasteiger partial charge is 0.255 e. The summed E-state index contributed by atoms with van der Waals surface area (Å²) in [6.45, 7) is 2.00. The lowest BCUT2D eigenvalue weighted by molar-refractivity contribution is -0.310. The lowest BCUT2D eigenvalue weighted by Gasteiger charge is -2.10. The molecule has 5 heteroatoms. The predicted molar refractivity (Wildman–Crippen MR) is 118 cm³/mol. The highest BCUT2D eigenvalue weighted by Gasteiger charge is 2.17. The van der Waals surface area contributed by atoms with Crippen molar-refractivity contribution in [2.75, 3.05) is 5.32 Å². The zero-order valence-corrected chi connectivity index (χ0v) is 16.4. The molecule has 0 aliphatic heterocycles. The number of aryl methyl sites for hydroxylation is 1. The molecule has 5 rings (SSSR count). The number of nitrogens with one attached hydrogen (secondary N) is 2. The monoisotopic (exact) mass is 391 g/mol. The number of aromatic nitrogens is 3. The highest BCUT2D eigenvalue weighted by atomic mass is 16.1. The van der Waals surface area contributed by atoms with E-state index in [0.717, 1.165) is 38.8 Å². The van der Waals surface area contributed by atoms with Gasteiger partial charge in [-0.1, -0.05) is 24.3 Å². The second-order valence-electron chi connectivity index (χ2n) is 7.19. The van der Waals surface area contributed by atoms with Gasteiger partial charge in [-0.05, 0) is 48.9 Å². The first-order valence-electron chi connectivity index (χ1n) is 9.72. The van der Waals surface area contributed by atoms with Crippen molar-refractivity contribution < 1.29 is 9.78 Å². The average Bonchev–Trinajstić information content (AvgIpc) is 2.79. The summed E-state index contributed by atoms with van der Waals surface area (Å²) in [6.07, 6.45) is 3.39. The molecule has 1 amide bonds. The van der Waals surface area contributed by atoms with E-state index in [1.807, 2.05) is 67.6 Å². The first kappa shape index (κ1) is 17.9. The van der Waals surface area contributed by atoms with Crippen LogP contribution in [0.1, 0.15) is 15.9 Å². The lowest BCUT2D eigenvalue weighted by atomic mass is 10.1. The van der Waals surface area contributed by atoms with Gasteiger partial charge in [0.15, 0.2) is 0 Å². The van der Waals surface area contributed by atoms with E-state index in [4.69, 9.17) is 0 Å². The fraction of sp³-hybridized carbons (Fsp3) is 0.0400. The zero-order valence-electron chi connectivity index (χ0n) is 16.4. The molecule has 3 aromatic heterocycles. The molecule has 0 radical (unpaired) electrons. The third-order valence-corrected chi connectivity index (χ3v) is 5.10. The summed E-state index contributed by atoms with van der Waals surface area (Å²) in [6, 6.07) is 23.3. The van der Waals surface area contributed by atoms with Gasteiger partial charge in [0.1, 0.15) is 0 Å². The maximum absolute atomic E-state index is 13.2. The Labute approximate surface area is 173 Å². The number of aromatic amines is 1. The summed E-state index contributed by atoms with van der Waals surface area (Å²) in [5.41, 5.74) is 5.76. The quantitative estimate of drug-likeness (QED) is 0.448. The minimum atomic E-state index is -0.187. The van der Waals surface area contributed by atoms with Gasteiger partial charge in [0.2, 0.25) is 11.0 Å². The van der Waals surface area contributed by atoms with Crippen molar-refractivity contribution in [1.29, 1.82) is 0 Å². The molecule has 0 unspecified atom stereocenters. The molecule has 0 aliphatic carbocycles. The van der Waals surface area contributed by atoms with Gasteiger partial charge in [-0.3, -0.25) is 14.8 Å². The second-order valence-corrected chi connectivity index (χ2v) is 7.19. The summed E-state index contributed by atoms with van der Waals surface area (Å²) < 4.78 is 0. The van der Waals surface area contributed by atoms with E-state index in [2.05, 4.69) is 20.3 Å². The Balaban J connectivity index is 1.57. The molecule has 2 N–H and O–H groups in total. The van der Waals surface area contributed by atoms with Gasteiger partial charge in [0, 0.05) is 30.1 Å². The number of rotatable bonds is 3. The van der Waals surface area contributed by atoms with Crippen LogP contribution < -0.4 is 10.3 Å². The molecule has 0 bridgehead atoms. The van der Waals surface area contributed by atoms with Crippen LogP contribution in [0.5, 0.6) is 0 Å². The first-order chi connectivity index (χ1) is 14.7. The molecule has 0 saturated heterocycles. The number of pyridine rings is 3. The van der Waals surface area contributed by atoms with Crippen LogP contribution in [-0.4, -0.2) is 15.9 Å². The van der Waals surface area contributed by atoms with Crippen molar-refractivity contribution in [3.05, 3.63) is 96.3 Å². The number of fused-ring (bicyclic) bond motifs is 2. The van der Waals surface area contributed by atoms with Gasteiger partial charge in [0.25, 0.3) is 5.91 Å². The summed E-state index contributed by atoms with van der Waals surface area (Å²) in [5, 5.41) is 5.04. The fourth-order valence-electron chi connectivity index (χ4n) is 3.62. The van der Waals surface area contributed by atoms with Gasteiger partial charge in [0.05, 0.1) is 27.8 Å². The van der Waals surface area contributed by atoms with Crippen LogP contribution in [0, 0.1) is 6.92 Å². The Bertz CT molecular complexity index is 1360.